The monoisotopic (exact) mass is 674 g/mol. The number of Topliss-reactive ketones (excluding diaryl/α,β-unsaturated/α-hetero) is 1. The van der Waals surface area contributed by atoms with Gasteiger partial charge in [0.05, 0.1) is 12.1 Å². The first-order chi connectivity index (χ1) is 22.2. The molecule has 3 fully saturated rings. The number of carbonyl (C=O) groups is 6. The minimum Gasteiger partial charge on any atom is -0.447 e. The van der Waals surface area contributed by atoms with Crippen LogP contribution in [0.3, 0.4) is 0 Å². The summed E-state index contributed by atoms with van der Waals surface area (Å²) in [6, 6.07) is -4.08. The zero-order valence-corrected chi connectivity index (χ0v) is 30.3. The molecule has 3 aliphatic rings. The first-order valence-corrected chi connectivity index (χ1v) is 17.2. The summed E-state index contributed by atoms with van der Waals surface area (Å²) >= 11 is 0. The molecular weight excluding hydrogens is 616 g/mol. The number of nitrogens with zero attached hydrogens (tertiary/aromatic N) is 1. The van der Waals surface area contributed by atoms with Gasteiger partial charge in [-0.1, -0.05) is 74.8 Å². The van der Waals surface area contributed by atoms with Crippen molar-refractivity contribution in [1.82, 2.24) is 31.5 Å². The lowest BCUT2D eigenvalue weighted by Gasteiger charge is -2.38. The van der Waals surface area contributed by atoms with Gasteiger partial charge in [-0.25, -0.2) is 9.59 Å². The molecule has 5 N–H and O–H groups in total. The first-order valence-electron chi connectivity index (χ1n) is 17.2. The van der Waals surface area contributed by atoms with Gasteiger partial charge in [0.15, 0.2) is 0 Å². The molecule has 13 heteroatoms. The van der Waals surface area contributed by atoms with Crippen LogP contribution in [0.5, 0.6) is 0 Å². The van der Waals surface area contributed by atoms with E-state index < -0.39 is 70.6 Å². The molecule has 13 nitrogen and oxygen atoms in total. The molecule has 270 valence electrons. The summed E-state index contributed by atoms with van der Waals surface area (Å²) in [5.74, 6) is -2.04. The van der Waals surface area contributed by atoms with E-state index in [4.69, 9.17) is 4.74 Å². The molecule has 1 saturated heterocycles. The van der Waals surface area contributed by atoms with Gasteiger partial charge in [-0.15, -0.1) is 6.58 Å². The second-order valence-corrected chi connectivity index (χ2v) is 16.4. The predicted octanol–water partition coefficient (Wildman–Crippen LogP) is 2.89. The minimum absolute atomic E-state index is 0.0579. The van der Waals surface area contributed by atoms with Gasteiger partial charge in [0.2, 0.25) is 17.6 Å². The Kier molecular flexibility index (Phi) is 12.4. The zero-order chi connectivity index (χ0) is 36.2. The number of piperidine rings is 1. The topological polar surface area (TPSA) is 175 Å². The van der Waals surface area contributed by atoms with Crippen molar-refractivity contribution in [2.24, 2.45) is 34.0 Å². The number of fused-ring (bicyclic) bond motifs is 1. The highest BCUT2D eigenvalue weighted by Crippen LogP contribution is 2.65. The Balaban J connectivity index is 1.75. The van der Waals surface area contributed by atoms with Crippen LogP contribution in [0.4, 0.5) is 9.59 Å². The van der Waals surface area contributed by atoms with Crippen LogP contribution in [0.2, 0.25) is 0 Å². The fourth-order valence-corrected chi connectivity index (χ4v) is 6.45. The van der Waals surface area contributed by atoms with Gasteiger partial charge in [-0.2, -0.15) is 0 Å². The summed E-state index contributed by atoms with van der Waals surface area (Å²) < 4.78 is 5.42. The molecule has 0 radical (unpaired) electrons. The van der Waals surface area contributed by atoms with Crippen LogP contribution in [0.15, 0.2) is 12.7 Å². The van der Waals surface area contributed by atoms with Gasteiger partial charge >= 0.3 is 12.1 Å². The molecular formula is C35H58N6O7. The molecule has 48 heavy (non-hydrogen) atoms. The number of likely N-dealkylation sites (tertiary alicyclic amines) is 1. The number of amides is 6. The largest absolute Gasteiger partial charge is 0.447 e. The van der Waals surface area contributed by atoms with Crippen molar-refractivity contribution >= 4 is 35.6 Å². The number of hydrogen-bond donors (Lipinski definition) is 5. The fraction of sp³-hybridized carbons (Fsp3) is 0.771. The van der Waals surface area contributed by atoms with Gasteiger partial charge in [0, 0.05) is 19.6 Å². The van der Waals surface area contributed by atoms with E-state index in [0.29, 0.717) is 25.4 Å². The van der Waals surface area contributed by atoms with Crippen molar-refractivity contribution in [3.8, 4) is 0 Å². The number of ether oxygens (including phenoxy) is 1. The highest BCUT2D eigenvalue weighted by molar-refractivity contribution is 6.38. The van der Waals surface area contributed by atoms with Crippen LogP contribution < -0.4 is 26.6 Å². The number of rotatable bonds is 15. The van der Waals surface area contributed by atoms with Crippen molar-refractivity contribution in [1.29, 1.82) is 0 Å². The molecule has 0 aromatic heterocycles. The number of ketones is 1. The first kappa shape index (κ1) is 38.8. The maximum Gasteiger partial charge on any atom is 0.407 e. The van der Waals surface area contributed by atoms with Crippen molar-refractivity contribution in [2.75, 3.05) is 26.2 Å². The predicted molar refractivity (Wildman–Crippen MR) is 182 cm³/mol. The number of nitrogens with one attached hydrogen (secondary N) is 5. The molecule has 0 spiro atoms. The highest BCUT2D eigenvalue weighted by Gasteiger charge is 2.70. The van der Waals surface area contributed by atoms with E-state index in [9.17, 15) is 28.8 Å². The minimum atomic E-state index is -1.04. The standard InChI is InChI=1S/C35H58N6O7/c1-11-13-22(26(42)29(44)36-16-12-2)38-28(43)25-24-21(35(24,9)10)18-41(25)30(45)27(34(6,7)8)40-31(46)39-23(33(3,4)5)19-48-32(47)37-17-20-14-15-20/h12,20-25,27H,2,11,13-19H2,1,3-10H3,(H,36,44)(H,37,47)(H,38,43)(H2,39,40,46)/t21?,22?,23-,24?,25-,27+/m0/s1. The van der Waals surface area contributed by atoms with Crippen molar-refractivity contribution in [3.63, 3.8) is 0 Å². The Morgan fingerprint density at radius 1 is 0.958 bits per heavy atom. The number of hydrogen-bond acceptors (Lipinski definition) is 7. The van der Waals surface area contributed by atoms with E-state index in [0.717, 1.165) is 12.8 Å². The number of alkyl carbamates (subject to hydrolysis) is 1. The molecule has 0 aromatic rings. The van der Waals surface area contributed by atoms with Gasteiger partial charge in [-0.05, 0) is 53.3 Å². The summed E-state index contributed by atoms with van der Waals surface area (Å²) in [5, 5.41) is 13.8. The maximum absolute atomic E-state index is 14.3. The third kappa shape index (κ3) is 9.72. The Bertz CT molecular complexity index is 1250. The Hall–Kier alpha value is -3.64. The summed E-state index contributed by atoms with van der Waals surface area (Å²) in [4.78, 5) is 80.8. The van der Waals surface area contributed by atoms with Crippen LogP contribution in [0.1, 0.15) is 88.0 Å². The lowest BCUT2D eigenvalue weighted by Crippen LogP contribution is -2.62. The molecule has 2 aliphatic carbocycles. The van der Waals surface area contributed by atoms with E-state index in [-0.39, 0.29) is 36.8 Å². The summed E-state index contributed by atoms with van der Waals surface area (Å²) in [6.07, 6.45) is 3.92. The van der Waals surface area contributed by atoms with Crippen molar-refractivity contribution < 1.29 is 33.5 Å². The SMILES string of the molecule is C=CCNC(=O)C(=O)C(CCC)NC(=O)[C@@H]1C2C(CN1C(=O)[C@@H](NC(=O)N[C@@H](COC(=O)NCC1CC1)C(C)(C)C)C(C)(C)C)C2(C)C. The molecule has 6 amide bonds. The normalized spacial score (nSPS) is 23.0. The van der Waals surface area contributed by atoms with Gasteiger partial charge in [0.25, 0.3) is 5.91 Å². The summed E-state index contributed by atoms with van der Waals surface area (Å²) in [6.45, 7) is 21.7. The lowest BCUT2D eigenvalue weighted by molar-refractivity contribution is -0.145. The number of urea groups is 1. The number of carbonyl (C=O) groups excluding carboxylic acids is 6. The quantitative estimate of drug-likeness (QED) is 0.131. The maximum atomic E-state index is 14.3. The van der Waals surface area contributed by atoms with Crippen molar-refractivity contribution in [2.45, 2.75) is 112 Å². The van der Waals surface area contributed by atoms with Crippen LogP contribution >= 0.6 is 0 Å². The molecule has 0 aromatic carbocycles. The Morgan fingerprint density at radius 2 is 1.60 bits per heavy atom. The third-order valence-corrected chi connectivity index (χ3v) is 9.95. The molecule has 3 rings (SSSR count). The molecule has 6 atom stereocenters. The molecule has 1 aliphatic heterocycles. The second-order valence-electron chi connectivity index (χ2n) is 16.4. The molecule has 3 unspecified atom stereocenters. The Labute approximate surface area is 285 Å². The third-order valence-electron chi connectivity index (χ3n) is 9.95. The summed E-state index contributed by atoms with van der Waals surface area (Å²) in [7, 11) is 0. The molecule has 0 bridgehead atoms. The molecule has 2 saturated carbocycles. The van der Waals surface area contributed by atoms with Crippen LogP contribution in [-0.4, -0.2) is 90.9 Å². The van der Waals surface area contributed by atoms with Gasteiger partial charge in [0.1, 0.15) is 18.7 Å². The van der Waals surface area contributed by atoms with E-state index >= 15 is 0 Å². The average Bonchev–Trinajstić information content (AvgIpc) is 3.85. The summed E-state index contributed by atoms with van der Waals surface area (Å²) in [5.41, 5.74) is -1.41. The average molecular weight is 675 g/mol. The van der Waals surface area contributed by atoms with Crippen LogP contribution in [-0.2, 0) is 23.9 Å². The van der Waals surface area contributed by atoms with E-state index in [1.54, 1.807) is 0 Å². The highest BCUT2D eigenvalue weighted by atomic mass is 16.5. The zero-order valence-electron chi connectivity index (χ0n) is 30.3. The van der Waals surface area contributed by atoms with E-state index in [1.807, 2.05) is 48.5 Å². The Morgan fingerprint density at radius 3 is 2.15 bits per heavy atom. The fourth-order valence-electron chi connectivity index (χ4n) is 6.45. The van der Waals surface area contributed by atoms with E-state index in [1.165, 1.54) is 11.0 Å². The van der Waals surface area contributed by atoms with Gasteiger partial charge in [-0.3, -0.25) is 19.2 Å². The second kappa shape index (κ2) is 15.3. The van der Waals surface area contributed by atoms with Crippen molar-refractivity contribution in [3.05, 3.63) is 12.7 Å². The molecule has 1 heterocycles. The van der Waals surface area contributed by atoms with E-state index in [2.05, 4.69) is 47.0 Å². The van der Waals surface area contributed by atoms with Gasteiger partial charge < -0.3 is 36.2 Å². The smallest absolute Gasteiger partial charge is 0.407 e. The van der Waals surface area contributed by atoms with Crippen LogP contribution in [0, 0.1) is 34.0 Å². The van der Waals surface area contributed by atoms with Crippen LogP contribution in [0.25, 0.3) is 0 Å². The lowest BCUT2D eigenvalue weighted by atomic mass is 9.85.